The quantitative estimate of drug-likeness (QED) is 0.701. The molecule has 2 aromatic rings. The zero-order valence-electron chi connectivity index (χ0n) is 9.40. The average molecular weight is 219 g/mol. The summed E-state index contributed by atoms with van der Waals surface area (Å²) >= 11 is 0. The number of fused-ring (bicyclic) bond motifs is 1. The molecule has 0 saturated carbocycles. The van der Waals surface area contributed by atoms with Gasteiger partial charge in [0.2, 0.25) is 11.6 Å². The molecule has 0 amide bonds. The molecule has 0 saturated heterocycles. The zero-order chi connectivity index (χ0) is 11.9. The zero-order valence-corrected chi connectivity index (χ0v) is 9.40. The minimum Gasteiger partial charge on any atom is -0.382 e. The van der Waals surface area contributed by atoms with Crippen molar-refractivity contribution in [2.24, 2.45) is 5.41 Å². The minimum atomic E-state index is -0.531. The van der Waals surface area contributed by atoms with Gasteiger partial charge in [-0.3, -0.25) is 4.79 Å². The summed E-state index contributed by atoms with van der Waals surface area (Å²) in [5, 5.41) is 0. The highest BCUT2D eigenvalue weighted by atomic mass is 16.1. The highest BCUT2D eigenvalue weighted by Crippen LogP contribution is 2.21. The number of nitrogens with zero attached hydrogens (tertiary/aromatic N) is 3. The van der Waals surface area contributed by atoms with E-state index in [9.17, 15) is 4.79 Å². The molecule has 6 heteroatoms. The van der Waals surface area contributed by atoms with Crippen LogP contribution in [0, 0.1) is 5.41 Å². The van der Waals surface area contributed by atoms with Crippen molar-refractivity contribution in [3.05, 3.63) is 12.2 Å². The van der Waals surface area contributed by atoms with Crippen molar-refractivity contribution in [2.45, 2.75) is 20.8 Å². The molecule has 16 heavy (non-hydrogen) atoms. The van der Waals surface area contributed by atoms with Gasteiger partial charge in [-0.05, 0) is 0 Å². The number of aromatic nitrogens is 4. The first-order valence-electron chi connectivity index (χ1n) is 4.91. The molecule has 2 aromatic heterocycles. The molecule has 0 aliphatic heterocycles. The van der Waals surface area contributed by atoms with E-state index in [4.69, 9.17) is 5.73 Å². The lowest BCUT2D eigenvalue weighted by atomic mass is 9.90. The highest BCUT2D eigenvalue weighted by molar-refractivity contribution is 5.98. The van der Waals surface area contributed by atoms with Crippen molar-refractivity contribution in [3.8, 4) is 0 Å². The number of hydrogen-bond donors (Lipinski definition) is 2. The first-order chi connectivity index (χ1) is 7.39. The second kappa shape index (κ2) is 3.26. The molecule has 3 N–H and O–H groups in total. The largest absolute Gasteiger partial charge is 0.382 e. The first kappa shape index (κ1) is 10.5. The maximum Gasteiger partial charge on any atom is 0.205 e. The van der Waals surface area contributed by atoms with Gasteiger partial charge in [-0.2, -0.15) is 0 Å². The van der Waals surface area contributed by atoms with Crippen molar-refractivity contribution in [2.75, 3.05) is 5.73 Å². The Morgan fingerprint density at radius 1 is 1.38 bits per heavy atom. The van der Waals surface area contributed by atoms with Crippen LogP contribution in [0.2, 0.25) is 0 Å². The van der Waals surface area contributed by atoms with E-state index in [1.165, 1.54) is 6.33 Å². The predicted octanol–water partition coefficient (Wildman–Crippen LogP) is 1.16. The maximum absolute atomic E-state index is 12.0. The first-order valence-corrected chi connectivity index (χ1v) is 4.91. The number of nitrogens with two attached hydrogens (primary N) is 1. The molecule has 0 radical (unpaired) electrons. The molecule has 0 bridgehead atoms. The second-order valence-electron chi connectivity index (χ2n) is 4.61. The Hall–Kier alpha value is -1.98. The molecule has 0 aromatic carbocycles. The van der Waals surface area contributed by atoms with Gasteiger partial charge in [-0.15, -0.1) is 0 Å². The summed E-state index contributed by atoms with van der Waals surface area (Å²) in [6, 6.07) is 0. The van der Waals surface area contributed by atoms with Crippen molar-refractivity contribution in [1.29, 1.82) is 0 Å². The summed E-state index contributed by atoms with van der Waals surface area (Å²) in [6.07, 6.45) is 1.47. The SMILES string of the molecule is CC(C)(C)C(=O)c1nc(N)c2[nH]cnc2n1. The Morgan fingerprint density at radius 2 is 2.06 bits per heavy atom. The number of carbonyl (C=O) groups is 1. The molecule has 0 aliphatic rings. The highest BCUT2D eigenvalue weighted by Gasteiger charge is 2.26. The van der Waals surface area contributed by atoms with E-state index in [1.54, 1.807) is 0 Å². The fourth-order valence-corrected chi connectivity index (χ4v) is 1.29. The molecule has 2 heterocycles. The Labute approximate surface area is 92.3 Å². The van der Waals surface area contributed by atoms with E-state index in [2.05, 4.69) is 19.9 Å². The van der Waals surface area contributed by atoms with E-state index in [1.807, 2.05) is 20.8 Å². The van der Waals surface area contributed by atoms with Crippen LogP contribution in [0.15, 0.2) is 6.33 Å². The Balaban J connectivity index is 2.58. The molecule has 0 aliphatic carbocycles. The van der Waals surface area contributed by atoms with Crippen LogP contribution in [0.25, 0.3) is 11.2 Å². The minimum absolute atomic E-state index is 0.115. The van der Waals surface area contributed by atoms with Crippen LogP contribution < -0.4 is 5.73 Å². The topological polar surface area (TPSA) is 97.6 Å². The summed E-state index contributed by atoms with van der Waals surface area (Å²) in [4.78, 5) is 26.8. The summed E-state index contributed by atoms with van der Waals surface area (Å²) in [5.74, 6) is 0.212. The number of nitrogens with one attached hydrogen (secondary N) is 1. The molecule has 0 fully saturated rings. The Morgan fingerprint density at radius 3 is 2.69 bits per heavy atom. The van der Waals surface area contributed by atoms with Gasteiger partial charge in [0.15, 0.2) is 11.5 Å². The van der Waals surface area contributed by atoms with E-state index >= 15 is 0 Å². The number of carbonyl (C=O) groups excluding carboxylic acids is 1. The van der Waals surface area contributed by atoms with Gasteiger partial charge in [0.25, 0.3) is 0 Å². The lowest BCUT2D eigenvalue weighted by Gasteiger charge is -2.14. The van der Waals surface area contributed by atoms with E-state index in [0.29, 0.717) is 11.2 Å². The molecule has 84 valence electrons. The lowest BCUT2D eigenvalue weighted by Crippen LogP contribution is -2.23. The van der Waals surface area contributed by atoms with Gasteiger partial charge in [0.1, 0.15) is 5.52 Å². The van der Waals surface area contributed by atoms with Gasteiger partial charge < -0.3 is 10.7 Å². The van der Waals surface area contributed by atoms with Crippen molar-refractivity contribution < 1.29 is 4.79 Å². The number of anilines is 1. The molecular weight excluding hydrogens is 206 g/mol. The molecule has 0 atom stereocenters. The number of H-pyrrole nitrogens is 1. The average Bonchev–Trinajstić information content (AvgIpc) is 2.63. The summed E-state index contributed by atoms with van der Waals surface area (Å²) in [6.45, 7) is 5.43. The van der Waals surface area contributed by atoms with E-state index < -0.39 is 5.41 Å². The van der Waals surface area contributed by atoms with Crippen molar-refractivity contribution >= 4 is 22.8 Å². The number of Topliss-reactive ketones (excluding diaryl/α,β-unsaturated/α-hetero) is 1. The third kappa shape index (κ3) is 1.62. The molecule has 0 unspecified atom stereocenters. The third-order valence-corrected chi connectivity index (χ3v) is 2.20. The molecule has 2 rings (SSSR count). The van der Waals surface area contributed by atoms with Crippen LogP contribution in [0.4, 0.5) is 5.82 Å². The summed E-state index contributed by atoms with van der Waals surface area (Å²) < 4.78 is 0. The Kier molecular flexibility index (Phi) is 2.15. The van der Waals surface area contributed by atoms with Crippen LogP contribution in [-0.2, 0) is 0 Å². The standard InChI is InChI=1S/C10H13N5O/c1-10(2,3)6(16)9-14-7(11)5-8(15-9)13-4-12-5/h4H,1-3H3,(H3,11,12,13,14,15). The lowest BCUT2D eigenvalue weighted by molar-refractivity contribution is 0.0847. The van der Waals surface area contributed by atoms with Crippen LogP contribution >= 0.6 is 0 Å². The molecule has 6 nitrogen and oxygen atoms in total. The van der Waals surface area contributed by atoms with Crippen LogP contribution in [0.1, 0.15) is 31.4 Å². The van der Waals surface area contributed by atoms with Crippen molar-refractivity contribution in [1.82, 2.24) is 19.9 Å². The monoisotopic (exact) mass is 219 g/mol. The van der Waals surface area contributed by atoms with Gasteiger partial charge in [0.05, 0.1) is 6.33 Å². The van der Waals surface area contributed by atoms with Gasteiger partial charge >= 0.3 is 0 Å². The number of imidazole rings is 1. The molecular formula is C10H13N5O. The smallest absolute Gasteiger partial charge is 0.205 e. The maximum atomic E-state index is 12.0. The van der Waals surface area contributed by atoms with E-state index in [-0.39, 0.29) is 17.4 Å². The van der Waals surface area contributed by atoms with Crippen molar-refractivity contribution in [3.63, 3.8) is 0 Å². The van der Waals surface area contributed by atoms with Crippen LogP contribution in [0.3, 0.4) is 0 Å². The summed E-state index contributed by atoms with van der Waals surface area (Å²) in [5.41, 5.74) is 6.15. The number of nitrogen functional groups attached to an aromatic ring is 1. The molecule has 0 spiro atoms. The van der Waals surface area contributed by atoms with Crippen LogP contribution in [0.5, 0.6) is 0 Å². The van der Waals surface area contributed by atoms with Crippen LogP contribution in [-0.4, -0.2) is 25.7 Å². The normalized spacial score (nSPS) is 11.9. The fourth-order valence-electron chi connectivity index (χ4n) is 1.29. The number of hydrogen-bond acceptors (Lipinski definition) is 5. The number of ketones is 1. The third-order valence-electron chi connectivity index (χ3n) is 2.20. The number of rotatable bonds is 1. The van der Waals surface area contributed by atoms with E-state index in [0.717, 1.165) is 0 Å². The number of aromatic amines is 1. The predicted molar refractivity (Wildman–Crippen MR) is 59.9 cm³/mol. The Bertz CT molecular complexity index is 552. The van der Waals surface area contributed by atoms with Gasteiger partial charge in [-0.1, -0.05) is 20.8 Å². The second-order valence-corrected chi connectivity index (χ2v) is 4.61. The summed E-state index contributed by atoms with van der Waals surface area (Å²) in [7, 11) is 0. The van der Waals surface area contributed by atoms with Gasteiger partial charge in [-0.25, -0.2) is 15.0 Å². The van der Waals surface area contributed by atoms with Gasteiger partial charge in [0, 0.05) is 5.41 Å². The fraction of sp³-hybridized carbons (Fsp3) is 0.400.